The minimum atomic E-state index is -0.488. The Balaban J connectivity index is 3.04. The molecule has 1 amide bonds. The van der Waals surface area contributed by atoms with Gasteiger partial charge in [-0.15, -0.1) is 0 Å². The van der Waals surface area contributed by atoms with Crippen LogP contribution in [0.3, 0.4) is 0 Å². The van der Waals surface area contributed by atoms with Crippen LogP contribution in [0.1, 0.15) is 24.2 Å². The van der Waals surface area contributed by atoms with Gasteiger partial charge in [-0.05, 0) is 32.0 Å². The molecule has 0 unspecified atom stereocenters. The Hall–Kier alpha value is -0.420. The van der Waals surface area contributed by atoms with Crippen molar-refractivity contribution in [3.8, 4) is 0 Å². The molecule has 0 spiro atoms. The molecule has 2 nitrogen and oxygen atoms in total. The van der Waals surface area contributed by atoms with Crippen LogP contribution in [-0.4, -0.2) is 28.7 Å². The van der Waals surface area contributed by atoms with Gasteiger partial charge in [-0.1, -0.05) is 31.9 Å². The second kappa shape index (κ2) is 6.50. The Bertz CT molecular complexity index is 409. The van der Waals surface area contributed by atoms with Crippen LogP contribution in [-0.2, 0) is 0 Å². The largest absolute Gasteiger partial charge is 0.335 e. The average molecular weight is 367 g/mol. The Morgan fingerprint density at radius 2 is 2.12 bits per heavy atom. The smallest absolute Gasteiger partial charge is 0.257 e. The van der Waals surface area contributed by atoms with Crippen LogP contribution in [0.4, 0.5) is 4.39 Å². The fourth-order valence-electron chi connectivity index (χ4n) is 1.50. The van der Waals surface area contributed by atoms with Gasteiger partial charge in [-0.25, -0.2) is 4.39 Å². The fourth-order valence-corrected chi connectivity index (χ4v) is 2.24. The van der Waals surface area contributed by atoms with Crippen LogP contribution in [0.15, 0.2) is 22.7 Å². The lowest BCUT2D eigenvalue weighted by Gasteiger charge is -2.26. The molecule has 94 valence electrons. The van der Waals surface area contributed by atoms with Crippen LogP contribution in [0.25, 0.3) is 0 Å². The molecule has 0 aliphatic carbocycles. The van der Waals surface area contributed by atoms with E-state index in [2.05, 4.69) is 31.9 Å². The van der Waals surface area contributed by atoms with Gasteiger partial charge < -0.3 is 4.90 Å². The van der Waals surface area contributed by atoms with Crippen molar-refractivity contribution in [2.75, 3.05) is 11.9 Å². The molecule has 0 radical (unpaired) electrons. The van der Waals surface area contributed by atoms with E-state index < -0.39 is 5.82 Å². The molecule has 1 aromatic rings. The minimum absolute atomic E-state index is 0.0402. The zero-order chi connectivity index (χ0) is 13.0. The Morgan fingerprint density at radius 1 is 1.47 bits per heavy atom. The van der Waals surface area contributed by atoms with Crippen molar-refractivity contribution in [3.05, 3.63) is 34.1 Å². The quantitative estimate of drug-likeness (QED) is 0.741. The van der Waals surface area contributed by atoms with Crippen molar-refractivity contribution in [2.45, 2.75) is 19.9 Å². The molecule has 0 aliphatic heterocycles. The van der Waals surface area contributed by atoms with E-state index in [1.165, 1.54) is 12.1 Å². The molecule has 1 rings (SSSR count). The third-order valence-electron chi connectivity index (χ3n) is 2.37. The van der Waals surface area contributed by atoms with Crippen molar-refractivity contribution in [1.29, 1.82) is 0 Å². The van der Waals surface area contributed by atoms with Gasteiger partial charge >= 0.3 is 0 Å². The summed E-state index contributed by atoms with van der Waals surface area (Å²) in [7, 11) is 0. The predicted molar refractivity (Wildman–Crippen MR) is 74.1 cm³/mol. The first-order valence-electron chi connectivity index (χ1n) is 5.29. The highest BCUT2D eigenvalue weighted by molar-refractivity contribution is 9.10. The van der Waals surface area contributed by atoms with Gasteiger partial charge in [0.15, 0.2) is 0 Å². The van der Waals surface area contributed by atoms with Crippen LogP contribution >= 0.6 is 31.9 Å². The number of alkyl halides is 1. The van der Waals surface area contributed by atoms with Crippen LogP contribution in [0.2, 0.25) is 0 Å². The van der Waals surface area contributed by atoms with E-state index in [0.717, 1.165) is 0 Å². The van der Waals surface area contributed by atoms with Gasteiger partial charge in [0.25, 0.3) is 5.91 Å². The van der Waals surface area contributed by atoms with Crippen molar-refractivity contribution in [2.24, 2.45) is 0 Å². The van der Waals surface area contributed by atoms with Crippen LogP contribution < -0.4 is 0 Å². The molecule has 5 heteroatoms. The number of hydrogen-bond donors (Lipinski definition) is 0. The number of hydrogen-bond acceptors (Lipinski definition) is 1. The molecule has 0 aromatic heterocycles. The maximum absolute atomic E-state index is 13.6. The number of rotatable bonds is 4. The van der Waals surface area contributed by atoms with Crippen molar-refractivity contribution >= 4 is 37.8 Å². The SMILES string of the molecule is CC(C)N(CCBr)C(=O)c1cc(Br)ccc1F. The van der Waals surface area contributed by atoms with Gasteiger partial charge in [0.05, 0.1) is 5.56 Å². The van der Waals surface area contributed by atoms with Gasteiger partial charge in [-0.3, -0.25) is 4.79 Å². The molecular formula is C12H14Br2FNO. The van der Waals surface area contributed by atoms with Crippen molar-refractivity contribution in [1.82, 2.24) is 4.90 Å². The first-order valence-corrected chi connectivity index (χ1v) is 7.20. The van der Waals surface area contributed by atoms with E-state index in [0.29, 0.717) is 16.3 Å². The van der Waals surface area contributed by atoms with Crippen LogP contribution in [0, 0.1) is 5.82 Å². The molecular weight excluding hydrogens is 353 g/mol. The maximum atomic E-state index is 13.6. The first kappa shape index (κ1) is 14.6. The summed E-state index contributed by atoms with van der Waals surface area (Å²) in [6.07, 6.45) is 0. The molecule has 17 heavy (non-hydrogen) atoms. The van der Waals surface area contributed by atoms with Gasteiger partial charge in [0.1, 0.15) is 5.82 Å². The average Bonchev–Trinajstić information content (AvgIpc) is 2.28. The van der Waals surface area contributed by atoms with Gasteiger partial charge in [-0.2, -0.15) is 0 Å². The Labute approximate surface area is 117 Å². The molecule has 1 aromatic carbocycles. The molecule has 0 saturated heterocycles. The summed E-state index contributed by atoms with van der Waals surface area (Å²) in [6.45, 7) is 4.38. The van der Waals surface area contributed by atoms with Crippen LogP contribution in [0.5, 0.6) is 0 Å². The monoisotopic (exact) mass is 365 g/mol. The van der Waals surface area contributed by atoms with E-state index in [1.54, 1.807) is 11.0 Å². The zero-order valence-corrected chi connectivity index (χ0v) is 12.9. The standard InChI is InChI=1S/C12H14Br2FNO/c1-8(2)16(6-5-13)12(17)10-7-9(14)3-4-11(10)15/h3-4,7-8H,5-6H2,1-2H3. The highest BCUT2D eigenvalue weighted by atomic mass is 79.9. The number of benzene rings is 1. The lowest BCUT2D eigenvalue weighted by atomic mass is 10.1. The molecule has 0 saturated carbocycles. The summed E-state index contributed by atoms with van der Waals surface area (Å²) in [4.78, 5) is 13.8. The summed E-state index contributed by atoms with van der Waals surface area (Å²) in [6, 6.07) is 4.43. The van der Waals surface area contributed by atoms with E-state index in [-0.39, 0.29) is 17.5 Å². The molecule has 0 fully saturated rings. The molecule has 0 atom stereocenters. The van der Waals surface area contributed by atoms with Gasteiger partial charge in [0.2, 0.25) is 0 Å². The summed E-state index contributed by atoms with van der Waals surface area (Å²) in [5.74, 6) is -0.767. The fraction of sp³-hybridized carbons (Fsp3) is 0.417. The molecule has 0 aliphatic rings. The molecule has 0 bridgehead atoms. The van der Waals surface area contributed by atoms with E-state index in [4.69, 9.17) is 0 Å². The first-order chi connectivity index (χ1) is 7.97. The molecule has 0 N–H and O–H groups in total. The topological polar surface area (TPSA) is 20.3 Å². The lowest BCUT2D eigenvalue weighted by molar-refractivity contribution is 0.0714. The predicted octanol–water partition coefficient (Wildman–Crippen LogP) is 3.83. The Kier molecular flexibility index (Phi) is 5.59. The summed E-state index contributed by atoms with van der Waals surface area (Å²) < 4.78 is 14.3. The third kappa shape index (κ3) is 3.78. The summed E-state index contributed by atoms with van der Waals surface area (Å²) >= 11 is 6.54. The zero-order valence-electron chi connectivity index (χ0n) is 9.71. The second-order valence-corrected chi connectivity index (χ2v) is 5.61. The van der Waals surface area contributed by atoms with Crippen molar-refractivity contribution < 1.29 is 9.18 Å². The number of carbonyl (C=O) groups is 1. The summed E-state index contributed by atoms with van der Waals surface area (Å²) in [5.41, 5.74) is 0.106. The Morgan fingerprint density at radius 3 is 2.65 bits per heavy atom. The molecule has 0 heterocycles. The highest BCUT2D eigenvalue weighted by Gasteiger charge is 2.21. The number of carbonyl (C=O) groups excluding carboxylic acids is 1. The summed E-state index contributed by atoms with van der Waals surface area (Å²) in [5, 5.41) is 0.673. The normalized spacial score (nSPS) is 10.7. The van der Waals surface area contributed by atoms with E-state index >= 15 is 0 Å². The van der Waals surface area contributed by atoms with Crippen molar-refractivity contribution in [3.63, 3.8) is 0 Å². The maximum Gasteiger partial charge on any atom is 0.257 e. The number of amides is 1. The highest BCUT2D eigenvalue weighted by Crippen LogP contribution is 2.18. The lowest BCUT2D eigenvalue weighted by Crippen LogP contribution is -2.38. The second-order valence-electron chi connectivity index (χ2n) is 3.91. The van der Waals surface area contributed by atoms with E-state index in [1.807, 2.05) is 13.8 Å². The number of nitrogens with zero attached hydrogens (tertiary/aromatic N) is 1. The number of halogens is 3. The third-order valence-corrected chi connectivity index (χ3v) is 3.22. The van der Waals surface area contributed by atoms with E-state index in [9.17, 15) is 9.18 Å². The van der Waals surface area contributed by atoms with Gasteiger partial charge in [0, 0.05) is 22.4 Å². The minimum Gasteiger partial charge on any atom is -0.335 e.